The minimum absolute atomic E-state index is 0.397. The average Bonchev–Trinajstić information content (AvgIpc) is 2.45. The van der Waals surface area contributed by atoms with E-state index in [4.69, 9.17) is 4.74 Å². The number of ether oxygens (including phenoxy) is 1. The molecule has 0 aliphatic rings. The van der Waals surface area contributed by atoms with Crippen molar-refractivity contribution in [3.05, 3.63) is 24.5 Å². The van der Waals surface area contributed by atoms with E-state index in [1.54, 1.807) is 12.4 Å². The maximum atomic E-state index is 11.5. The summed E-state index contributed by atoms with van der Waals surface area (Å²) in [5.74, 6) is 0.741. The van der Waals surface area contributed by atoms with E-state index in [-0.39, 0.29) is 0 Å². The molecule has 7 nitrogen and oxygen atoms in total. The summed E-state index contributed by atoms with van der Waals surface area (Å²) in [7, 11) is 0. The molecule has 0 aliphatic heterocycles. The van der Waals surface area contributed by atoms with Gasteiger partial charge in [0, 0.05) is 25.5 Å². The number of carbonyl (C=O) groups is 1. The Bertz CT molecular complexity index is 639. The van der Waals surface area contributed by atoms with Gasteiger partial charge in [0.05, 0.1) is 0 Å². The monoisotopic (exact) mass is 303 g/mol. The lowest BCUT2D eigenvalue weighted by molar-refractivity contribution is 0.0528. The van der Waals surface area contributed by atoms with Crippen molar-refractivity contribution in [3.8, 4) is 0 Å². The largest absolute Gasteiger partial charge is 0.444 e. The molecule has 0 atom stereocenters. The number of hydrogen-bond acceptors (Lipinski definition) is 6. The van der Waals surface area contributed by atoms with Crippen LogP contribution in [0.4, 0.5) is 10.6 Å². The van der Waals surface area contributed by atoms with E-state index in [0.29, 0.717) is 18.7 Å². The fourth-order valence-electron chi connectivity index (χ4n) is 1.76. The second-order valence-corrected chi connectivity index (χ2v) is 5.80. The van der Waals surface area contributed by atoms with Crippen molar-refractivity contribution in [3.63, 3.8) is 0 Å². The number of alkyl carbamates (subject to hydrolysis) is 1. The Morgan fingerprint density at radius 2 is 1.95 bits per heavy atom. The second-order valence-electron chi connectivity index (χ2n) is 5.80. The smallest absolute Gasteiger partial charge is 0.407 e. The number of rotatable bonds is 5. The predicted octanol–water partition coefficient (Wildman–Crippen LogP) is 2.35. The van der Waals surface area contributed by atoms with Crippen LogP contribution in [0.5, 0.6) is 0 Å². The van der Waals surface area contributed by atoms with Gasteiger partial charge in [0.1, 0.15) is 16.9 Å². The second kappa shape index (κ2) is 7.02. The molecule has 2 heterocycles. The van der Waals surface area contributed by atoms with E-state index in [1.807, 2.05) is 32.9 Å². The highest BCUT2D eigenvalue weighted by molar-refractivity contribution is 5.71. The fraction of sp³-hybridized carbons (Fsp3) is 0.467. The highest BCUT2D eigenvalue weighted by Gasteiger charge is 2.15. The number of aromatic nitrogens is 3. The van der Waals surface area contributed by atoms with E-state index in [2.05, 4.69) is 25.6 Å². The zero-order chi connectivity index (χ0) is 16.0. The Balaban J connectivity index is 1.71. The molecule has 0 aromatic carbocycles. The lowest BCUT2D eigenvalue weighted by Crippen LogP contribution is -2.33. The average molecular weight is 303 g/mol. The molecule has 7 heteroatoms. The van der Waals surface area contributed by atoms with Crippen LogP contribution in [0.3, 0.4) is 0 Å². The van der Waals surface area contributed by atoms with Gasteiger partial charge in [-0.3, -0.25) is 4.98 Å². The molecule has 0 unspecified atom stereocenters. The van der Waals surface area contributed by atoms with Crippen LogP contribution in [0.1, 0.15) is 27.2 Å². The van der Waals surface area contributed by atoms with E-state index in [1.165, 1.54) is 0 Å². The number of nitrogens with one attached hydrogen (secondary N) is 2. The Morgan fingerprint density at radius 3 is 2.73 bits per heavy atom. The zero-order valence-corrected chi connectivity index (χ0v) is 13.1. The first-order chi connectivity index (χ1) is 10.4. The molecule has 0 bridgehead atoms. The fourth-order valence-corrected chi connectivity index (χ4v) is 1.76. The van der Waals surface area contributed by atoms with E-state index >= 15 is 0 Å². The molecular formula is C15H21N5O2. The molecule has 2 N–H and O–H groups in total. The minimum atomic E-state index is -0.474. The Kier molecular flexibility index (Phi) is 5.08. The van der Waals surface area contributed by atoms with Crippen LogP contribution in [-0.2, 0) is 4.74 Å². The van der Waals surface area contributed by atoms with Crippen LogP contribution in [0, 0.1) is 0 Å². The summed E-state index contributed by atoms with van der Waals surface area (Å²) in [5.41, 5.74) is 0.900. The van der Waals surface area contributed by atoms with Crippen molar-refractivity contribution >= 4 is 23.1 Å². The Labute approximate surface area is 129 Å². The Hall–Kier alpha value is -2.44. The van der Waals surface area contributed by atoms with Gasteiger partial charge in [0.2, 0.25) is 0 Å². The molecule has 2 aromatic rings. The SMILES string of the molecule is CC(C)(C)OC(=O)NCCCNc1ccc2nccnc2n1. The number of anilines is 1. The number of carbonyl (C=O) groups excluding carboxylic acids is 1. The van der Waals surface area contributed by atoms with Crippen LogP contribution in [-0.4, -0.2) is 39.7 Å². The summed E-state index contributed by atoms with van der Waals surface area (Å²) in [4.78, 5) is 24.1. The van der Waals surface area contributed by atoms with Crippen molar-refractivity contribution in [1.82, 2.24) is 20.3 Å². The molecule has 0 radical (unpaired) electrons. The zero-order valence-electron chi connectivity index (χ0n) is 13.1. The third-order valence-electron chi connectivity index (χ3n) is 2.66. The molecule has 0 aliphatic carbocycles. The normalized spacial score (nSPS) is 11.2. The minimum Gasteiger partial charge on any atom is -0.444 e. The summed E-state index contributed by atoms with van der Waals surface area (Å²) >= 11 is 0. The molecular weight excluding hydrogens is 282 g/mol. The first-order valence-electron chi connectivity index (χ1n) is 7.22. The maximum Gasteiger partial charge on any atom is 0.407 e. The van der Waals surface area contributed by atoms with Crippen molar-refractivity contribution in [2.75, 3.05) is 18.4 Å². The molecule has 0 fully saturated rings. The molecule has 2 aromatic heterocycles. The summed E-state index contributed by atoms with van der Waals surface area (Å²) in [6.07, 6.45) is 3.62. The Morgan fingerprint density at radius 1 is 1.18 bits per heavy atom. The first kappa shape index (κ1) is 15.9. The van der Waals surface area contributed by atoms with E-state index in [9.17, 15) is 4.79 Å². The van der Waals surface area contributed by atoms with Gasteiger partial charge in [0.15, 0.2) is 5.65 Å². The van der Waals surface area contributed by atoms with Crippen LogP contribution < -0.4 is 10.6 Å². The number of nitrogens with zero attached hydrogens (tertiary/aromatic N) is 3. The standard InChI is InChI=1S/C15H21N5O2/c1-15(2,3)22-14(21)19-8-4-7-17-12-6-5-11-13(20-12)18-10-9-16-11/h5-6,9-10H,4,7-8H2,1-3H3,(H,19,21)(H,17,18,20). The summed E-state index contributed by atoms with van der Waals surface area (Å²) in [6.45, 7) is 6.73. The summed E-state index contributed by atoms with van der Waals surface area (Å²) in [6, 6.07) is 3.73. The molecule has 1 amide bonds. The third-order valence-corrected chi connectivity index (χ3v) is 2.66. The molecule has 22 heavy (non-hydrogen) atoms. The van der Waals surface area contributed by atoms with Gasteiger partial charge in [-0.25, -0.2) is 14.8 Å². The topological polar surface area (TPSA) is 89.0 Å². The van der Waals surface area contributed by atoms with Crippen molar-refractivity contribution < 1.29 is 9.53 Å². The van der Waals surface area contributed by atoms with Gasteiger partial charge < -0.3 is 15.4 Å². The number of fused-ring (bicyclic) bond motifs is 1. The van der Waals surface area contributed by atoms with Crippen LogP contribution in [0.2, 0.25) is 0 Å². The van der Waals surface area contributed by atoms with Crippen LogP contribution in [0.15, 0.2) is 24.5 Å². The quantitative estimate of drug-likeness (QED) is 0.824. The van der Waals surface area contributed by atoms with Gasteiger partial charge in [-0.1, -0.05) is 0 Å². The molecule has 0 spiro atoms. The number of hydrogen-bond donors (Lipinski definition) is 2. The summed E-state index contributed by atoms with van der Waals surface area (Å²) < 4.78 is 5.15. The predicted molar refractivity (Wildman–Crippen MR) is 84.7 cm³/mol. The van der Waals surface area contributed by atoms with Crippen LogP contribution >= 0.6 is 0 Å². The molecule has 2 rings (SSSR count). The van der Waals surface area contributed by atoms with Crippen molar-refractivity contribution in [1.29, 1.82) is 0 Å². The lowest BCUT2D eigenvalue weighted by Gasteiger charge is -2.19. The molecule has 0 saturated carbocycles. The lowest BCUT2D eigenvalue weighted by atomic mass is 10.2. The van der Waals surface area contributed by atoms with E-state index < -0.39 is 11.7 Å². The highest BCUT2D eigenvalue weighted by atomic mass is 16.6. The van der Waals surface area contributed by atoms with Gasteiger partial charge >= 0.3 is 6.09 Å². The van der Waals surface area contributed by atoms with Gasteiger partial charge in [-0.05, 0) is 39.3 Å². The molecule has 0 saturated heterocycles. The summed E-state index contributed by atoms with van der Waals surface area (Å²) in [5, 5.41) is 5.90. The van der Waals surface area contributed by atoms with Gasteiger partial charge in [-0.15, -0.1) is 0 Å². The molecule has 118 valence electrons. The van der Waals surface area contributed by atoms with E-state index in [0.717, 1.165) is 17.8 Å². The highest BCUT2D eigenvalue weighted by Crippen LogP contribution is 2.10. The first-order valence-corrected chi connectivity index (χ1v) is 7.22. The van der Waals surface area contributed by atoms with Crippen LogP contribution in [0.25, 0.3) is 11.2 Å². The number of pyridine rings is 1. The van der Waals surface area contributed by atoms with Gasteiger partial charge in [-0.2, -0.15) is 0 Å². The maximum absolute atomic E-state index is 11.5. The van der Waals surface area contributed by atoms with Crippen molar-refractivity contribution in [2.45, 2.75) is 32.8 Å². The van der Waals surface area contributed by atoms with Gasteiger partial charge in [0.25, 0.3) is 0 Å². The van der Waals surface area contributed by atoms with Crippen molar-refractivity contribution in [2.24, 2.45) is 0 Å². The number of amides is 1. The third kappa shape index (κ3) is 5.16.